The topological polar surface area (TPSA) is 72.6 Å². The van der Waals surface area contributed by atoms with Crippen LogP contribution < -0.4 is 26.2 Å². The third kappa shape index (κ3) is 2.47. The second-order valence-electron chi connectivity index (χ2n) is 5.74. The molecule has 116 valence electrons. The molecule has 1 aliphatic heterocycles. The summed E-state index contributed by atoms with van der Waals surface area (Å²) >= 11 is 0. The van der Waals surface area contributed by atoms with Gasteiger partial charge in [0.1, 0.15) is 23.7 Å². The molecule has 1 aliphatic rings. The Morgan fingerprint density at radius 3 is 2.82 bits per heavy atom. The molecular formula is C17H20N2O3. The zero-order chi connectivity index (χ0) is 15.7. The van der Waals surface area contributed by atoms with E-state index in [0.29, 0.717) is 25.4 Å². The number of benzene rings is 1. The summed E-state index contributed by atoms with van der Waals surface area (Å²) in [5.74, 6) is 0.847. The first-order valence-electron chi connectivity index (χ1n) is 7.70. The molecule has 0 amide bonds. The van der Waals surface area contributed by atoms with Crippen LogP contribution in [0.4, 0.5) is 11.4 Å². The Morgan fingerprint density at radius 1 is 1.27 bits per heavy atom. The summed E-state index contributed by atoms with van der Waals surface area (Å²) in [6.45, 7) is 3.74. The smallest absolute Gasteiger partial charge is 0.253 e. The Bertz CT molecular complexity index is 760. The fourth-order valence-corrected chi connectivity index (χ4v) is 2.89. The van der Waals surface area contributed by atoms with Crippen molar-refractivity contribution in [2.75, 3.05) is 23.8 Å². The first-order valence-corrected chi connectivity index (χ1v) is 7.70. The Labute approximate surface area is 129 Å². The lowest BCUT2D eigenvalue weighted by atomic mass is 10.0. The van der Waals surface area contributed by atoms with Gasteiger partial charge in [-0.15, -0.1) is 0 Å². The SMILES string of the molecule is CCCCc1ccc2c(c1)CN(c1c(N)c(=O)c1=O)CCO2. The average Bonchev–Trinajstić information content (AvgIpc) is 2.74. The standard InChI is InChI=1S/C17H20N2O3/c1-2-3-4-11-5-6-13-12(9-11)10-19(7-8-22-13)15-14(18)16(20)17(15)21/h5-6,9H,2-4,7-8,10,18H2,1H3. The lowest BCUT2D eigenvalue weighted by Crippen LogP contribution is -2.43. The van der Waals surface area contributed by atoms with Crippen molar-refractivity contribution in [1.29, 1.82) is 0 Å². The molecule has 2 N–H and O–H groups in total. The fourth-order valence-electron chi connectivity index (χ4n) is 2.89. The third-order valence-electron chi connectivity index (χ3n) is 4.16. The van der Waals surface area contributed by atoms with E-state index in [2.05, 4.69) is 19.1 Å². The number of nitrogen functional groups attached to an aromatic ring is 1. The minimum absolute atomic E-state index is 0.0792. The molecule has 5 nitrogen and oxygen atoms in total. The number of anilines is 2. The summed E-state index contributed by atoms with van der Waals surface area (Å²) in [5.41, 5.74) is 7.36. The van der Waals surface area contributed by atoms with Crippen molar-refractivity contribution in [2.24, 2.45) is 0 Å². The fraction of sp³-hybridized carbons (Fsp3) is 0.412. The van der Waals surface area contributed by atoms with Gasteiger partial charge in [0, 0.05) is 12.1 Å². The highest BCUT2D eigenvalue weighted by Crippen LogP contribution is 2.28. The van der Waals surface area contributed by atoms with E-state index in [9.17, 15) is 9.59 Å². The van der Waals surface area contributed by atoms with Gasteiger partial charge in [-0.2, -0.15) is 0 Å². The molecule has 0 fully saturated rings. The normalized spacial score (nSPS) is 14.5. The quantitative estimate of drug-likeness (QED) is 0.868. The molecule has 22 heavy (non-hydrogen) atoms. The molecule has 0 aliphatic carbocycles. The molecule has 0 saturated carbocycles. The van der Waals surface area contributed by atoms with E-state index in [1.807, 2.05) is 11.0 Å². The molecule has 0 bridgehead atoms. The van der Waals surface area contributed by atoms with Crippen LogP contribution in [0.25, 0.3) is 0 Å². The van der Waals surface area contributed by atoms with Crippen LogP contribution in [0.2, 0.25) is 0 Å². The van der Waals surface area contributed by atoms with Crippen LogP contribution in [-0.2, 0) is 13.0 Å². The number of unbranched alkanes of at least 4 members (excludes halogenated alkanes) is 1. The minimum Gasteiger partial charge on any atom is -0.491 e. The van der Waals surface area contributed by atoms with Crippen LogP contribution in [0.3, 0.4) is 0 Å². The molecule has 5 heteroatoms. The first kappa shape index (κ1) is 14.6. The van der Waals surface area contributed by atoms with E-state index in [1.54, 1.807) is 0 Å². The molecular weight excluding hydrogens is 280 g/mol. The van der Waals surface area contributed by atoms with E-state index >= 15 is 0 Å². The summed E-state index contributed by atoms with van der Waals surface area (Å²) in [7, 11) is 0. The van der Waals surface area contributed by atoms with Crippen molar-refractivity contribution < 1.29 is 4.74 Å². The predicted molar refractivity (Wildman–Crippen MR) is 87.4 cm³/mol. The Kier molecular flexibility index (Phi) is 3.88. The van der Waals surface area contributed by atoms with Gasteiger partial charge in [0.15, 0.2) is 0 Å². The monoisotopic (exact) mass is 300 g/mol. The highest BCUT2D eigenvalue weighted by Gasteiger charge is 2.26. The maximum atomic E-state index is 11.7. The van der Waals surface area contributed by atoms with Crippen molar-refractivity contribution >= 4 is 11.4 Å². The average molecular weight is 300 g/mol. The van der Waals surface area contributed by atoms with Gasteiger partial charge in [-0.1, -0.05) is 25.5 Å². The highest BCUT2D eigenvalue weighted by molar-refractivity contribution is 5.73. The van der Waals surface area contributed by atoms with Gasteiger partial charge in [0.05, 0.1) is 6.54 Å². The van der Waals surface area contributed by atoms with Crippen LogP contribution in [0.5, 0.6) is 5.75 Å². The van der Waals surface area contributed by atoms with E-state index in [4.69, 9.17) is 10.5 Å². The molecule has 0 spiro atoms. The summed E-state index contributed by atoms with van der Waals surface area (Å²) in [6, 6.07) is 6.22. The molecule has 2 aromatic carbocycles. The van der Waals surface area contributed by atoms with Crippen LogP contribution in [-0.4, -0.2) is 13.2 Å². The molecule has 1 heterocycles. The molecule has 0 aromatic heterocycles. The number of nitrogens with two attached hydrogens (primary N) is 1. The summed E-state index contributed by atoms with van der Waals surface area (Å²) in [6.07, 6.45) is 3.33. The lowest BCUT2D eigenvalue weighted by molar-refractivity contribution is 0.331. The number of hydrogen-bond donors (Lipinski definition) is 1. The van der Waals surface area contributed by atoms with Crippen LogP contribution in [0.15, 0.2) is 27.8 Å². The molecule has 0 unspecified atom stereocenters. The van der Waals surface area contributed by atoms with Crippen molar-refractivity contribution in [3.63, 3.8) is 0 Å². The summed E-state index contributed by atoms with van der Waals surface area (Å²) in [4.78, 5) is 24.9. The number of hydrogen-bond acceptors (Lipinski definition) is 5. The summed E-state index contributed by atoms with van der Waals surface area (Å²) in [5, 5.41) is 0. The predicted octanol–water partition coefficient (Wildman–Crippen LogP) is 1.61. The number of nitrogens with zero attached hydrogens (tertiary/aromatic N) is 1. The number of rotatable bonds is 4. The van der Waals surface area contributed by atoms with Gasteiger partial charge >= 0.3 is 0 Å². The minimum atomic E-state index is -0.572. The van der Waals surface area contributed by atoms with Gasteiger partial charge < -0.3 is 15.4 Å². The molecule has 3 rings (SSSR count). The Hall–Kier alpha value is -2.30. The van der Waals surface area contributed by atoms with Crippen molar-refractivity contribution in [1.82, 2.24) is 0 Å². The number of ether oxygens (including phenoxy) is 1. The lowest BCUT2D eigenvalue weighted by Gasteiger charge is -2.24. The van der Waals surface area contributed by atoms with E-state index in [0.717, 1.165) is 30.6 Å². The number of aryl methyl sites for hydroxylation is 1. The second-order valence-corrected chi connectivity index (χ2v) is 5.74. The van der Waals surface area contributed by atoms with Gasteiger partial charge in [-0.3, -0.25) is 9.59 Å². The largest absolute Gasteiger partial charge is 0.491 e. The Morgan fingerprint density at radius 2 is 2.09 bits per heavy atom. The first-order chi connectivity index (χ1) is 10.6. The number of fused-ring (bicyclic) bond motifs is 1. The van der Waals surface area contributed by atoms with Crippen molar-refractivity contribution in [3.05, 3.63) is 49.8 Å². The summed E-state index contributed by atoms with van der Waals surface area (Å²) < 4.78 is 5.75. The zero-order valence-corrected chi connectivity index (χ0v) is 12.7. The van der Waals surface area contributed by atoms with E-state index < -0.39 is 10.9 Å². The van der Waals surface area contributed by atoms with Crippen molar-refractivity contribution in [2.45, 2.75) is 32.7 Å². The van der Waals surface area contributed by atoms with Gasteiger partial charge in [0.2, 0.25) is 0 Å². The maximum Gasteiger partial charge on any atom is 0.253 e. The second kappa shape index (κ2) is 5.83. The van der Waals surface area contributed by atoms with Crippen LogP contribution in [0, 0.1) is 0 Å². The van der Waals surface area contributed by atoms with Crippen LogP contribution in [0.1, 0.15) is 30.9 Å². The van der Waals surface area contributed by atoms with Crippen LogP contribution >= 0.6 is 0 Å². The highest BCUT2D eigenvalue weighted by atomic mass is 16.5. The Balaban J connectivity index is 1.88. The van der Waals surface area contributed by atoms with Gasteiger partial charge in [-0.05, 0) is 24.5 Å². The van der Waals surface area contributed by atoms with Gasteiger partial charge in [-0.25, -0.2) is 0 Å². The third-order valence-corrected chi connectivity index (χ3v) is 4.16. The zero-order valence-electron chi connectivity index (χ0n) is 12.7. The molecule has 0 radical (unpaired) electrons. The molecule has 0 atom stereocenters. The maximum absolute atomic E-state index is 11.7. The van der Waals surface area contributed by atoms with Gasteiger partial charge in [0.25, 0.3) is 10.9 Å². The van der Waals surface area contributed by atoms with E-state index in [1.165, 1.54) is 5.56 Å². The van der Waals surface area contributed by atoms with E-state index in [-0.39, 0.29) is 5.69 Å². The molecule has 2 aromatic rings. The molecule has 0 saturated heterocycles. The van der Waals surface area contributed by atoms with Crippen molar-refractivity contribution in [3.8, 4) is 5.75 Å².